The van der Waals surface area contributed by atoms with E-state index in [1.54, 1.807) is 0 Å². The van der Waals surface area contributed by atoms with Crippen LogP contribution in [-0.4, -0.2) is 6.61 Å². The second-order valence-electron chi connectivity index (χ2n) is 5.79. The zero-order chi connectivity index (χ0) is 12.4. The first kappa shape index (κ1) is 12.5. The fourth-order valence-electron chi connectivity index (χ4n) is 2.68. The van der Waals surface area contributed by atoms with Gasteiger partial charge in [-0.2, -0.15) is 0 Å². The first-order valence-corrected chi connectivity index (χ1v) is 6.86. The van der Waals surface area contributed by atoms with E-state index in [1.165, 1.54) is 24.0 Å². The molecule has 0 saturated carbocycles. The number of benzene rings is 1. The lowest BCUT2D eigenvalue weighted by molar-refractivity contribution is 0.314. The van der Waals surface area contributed by atoms with Crippen LogP contribution in [0.1, 0.15) is 63.5 Å². The van der Waals surface area contributed by atoms with Gasteiger partial charge in [0.15, 0.2) is 0 Å². The van der Waals surface area contributed by atoms with Crippen molar-refractivity contribution in [3.8, 4) is 5.75 Å². The topological polar surface area (TPSA) is 9.23 Å². The van der Waals surface area contributed by atoms with Gasteiger partial charge >= 0.3 is 0 Å². The summed E-state index contributed by atoms with van der Waals surface area (Å²) in [6.07, 6.45) is 2.43. The molecule has 1 heteroatoms. The summed E-state index contributed by atoms with van der Waals surface area (Å²) >= 11 is 0. The first-order valence-electron chi connectivity index (χ1n) is 6.86. The lowest BCUT2D eigenvalue weighted by Gasteiger charge is -2.21. The predicted octanol–water partition coefficient (Wildman–Crippen LogP) is 4.72. The second-order valence-corrected chi connectivity index (χ2v) is 5.79. The predicted molar refractivity (Wildman–Crippen MR) is 72.8 cm³/mol. The van der Waals surface area contributed by atoms with Gasteiger partial charge in [-0.1, -0.05) is 39.8 Å². The van der Waals surface area contributed by atoms with Gasteiger partial charge in [0, 0.05) is 0 Å². The summed E-state index contributed by atoms with van der Waals surface area (Å²) in [5.74, 6) is 3.06. The fraction of sp³-hybridized carbons (Fsp3) is 0.625. The van der Waals surface area contributed by atoms with Gasteiger partial charge in [-0.3, -0.25) is 0 Å². The Labute approximate surface area is 105 Å². The van der Waals surface area contributed by atoms with Crippen molar-refractivity contribution < 1.29 is 4.74 Å². The Kier molecular flexibility index (Phi) is 3.76. The van der Waals surface area contributed by atoms with Crippen molar-refractivity contribution in [2.45, 2.75) is 52.4 Å². The minimum atomic E-state index is 0.594. The third-order valence-electron chi connectivity index (χ3n) is 3.82. The molecule has 0 bridgehead atoms. The molecule has 1 atom stereocenters. The molecule has 2 rings (SSSR count). The number of hydrogen-bond donors (Lipinski definition) is 0. The molecule has 1 heterocycles. The minimum absolute atomic E-state index is 0.594. The number of hydrogen-bond acceptors (Lipinski definition) is 1. The Balaban J connectivity index is 2.42. The van der Waals surface area contributed by atoms with Crippen molar-refractivity contribution in [1.82, 2.24) is 0 Å². The Morgan fingerprint density at radius 1 is 1.18 bits per heavy atom. The number of ether oxygens (including phenoxy) is 1. The van der Waals surface area contributed by atoms with Crippen molar-refractivity contribution in [3.63, 3.8) is 0 Å². The Bertz CT molecular complexity index is 379. The third kappa shape index (κ3) is 2.65. The van der Waals surface area contributed by atoms with E-state index in [9.17, 15) is 0 Å². The fourth-order valence-corrected chi connectivity index (χ4v) is 2.68. The van der Waals surface area contributed by atoms with Gasteiger partial charge < -0.3 is 4.74 Å². The highest BCUT2D eigenvalue weighted by molar-refractivity contribution is 5.41. The van der Waals surface area contributed by atoms with E-state index < -0.39 is 0 Å². The van der Waals surface area contributed by atoms with Gasteiger partial charge in [0.25, 0.3) is 0 Å². The zero-order valence-electron chi connectivity index (χ0n) is 11.5. The van der Waals surface area contributed by atoms with Crippen LogP contribution >= 0.6 is 0 Å². The normalized spacial score (nSPS) is 20.0. The van der Waals surface area contributed by atoms with E-state index in [2.05, 4.69) is 45.9 Å². The molecule has 0 N–H and O–H groups in total. The smallest absolute Gasteiger partial charge is 0.122 e. The Morgan fingerprint density at radius 3 is 2.59 bits per heavy atom. The van der Waals surface area contributed by atoms with E-state index in [-0.39, 0.29) is 0 Å². The van der Waals surface area contributed by atoms with Crippen LogP contribution in [0.2, 0.25) is 0 Å². The van der Waals surface area contributed by atoms with Gasteiger partial charge in [-0.05, 0) is 47.8 Å². The molecule has 0 aromatic heterocycles. The Morgan fingerprint density at radius 2 is 1.94 bits per heavy atom. The molecule has 17 heavy (non-hydrogen) atoms. The molecule has 1 aliphatic heterocycles. The third-order valence-corrected chi connectivity index (χ3v) is 3.82. The molecule has 0 amide bonds. The van der Waals surface area contributed by atoms with E-state index in [0.29, 0.717) is 17.8 Å². The molecule has 0 spiro atoms. The molecule has 1 aromatic carbocycles. The summed E-state index contributed by atoms with van der Waals surface area (Å²) in [5, 5.41) is 0. The highest BCUT2D eigenvalue weighted by Crippen LogP contribution is 2.39. The molecule has 1 nitrogen and oxygen atoms in total. The summed E-state index contributed by atoms with van der Waals surface area (Å²) in [6, 6.07) is 6.76. The van der Waals surface area contributed by atoms with Gasteiger partial charge in [-0.25, -0.2) is 0 Å². The van der Waals surface area contributed by atoms with Crippen molar-refractivity contribution >= 4 is 0 Å². The van der Waals surface area contributed by atoms with Crippen LogP contribution in [0.3, 0.4) is 0 Å². The highest BCUT2D eigenvalue weighted by atomic mass is 16.5. The minimum Gasteiger partial charge on any atom is -0.493 e. The quantitative estimate of drug-likeness (QED) is 0.716. The molecule has 1 aromatic rings. The van der Waals surface area contributed by atoms with Crippen molar-refractivity contribution in [2.24, 2.45) is 5.92 Å². The van der Waals surface area contributed by atoms with Crippen LogP contribution in [0.25, 0.3) is 0 Å². The van der Waals surface area contributed by atoms with Crippen LogP contribution < -0.4 is 4.74 Å². The number of fused-ring (bicyclic) bond motifs is 1. The van der Waals surface area contributed by atoms with E-state index >= 15 is 0 Å². The molecule has 1 aliphatic rings. The number of rotatable bonds is 2. The van der Waals surface area contributed by atoms with Crippen LogP contribution in [0.4, 0.5) is 0 Å². The summed E-state index contributed by atoms with van der Waals surface area (Å²) in [6.45, 7) is 10.0. The largest absolute Gasteiger partial charge is 0.493 e. The van der Waals surface area contributed by atoms with Gasteiger partial charge in [0.2, 0.25) is 0 Å². The standard InChI is InChI=1S/C16H24O/c1-11(2)13-7-8-16-15(10-13)14(12(3)4)6-5-9-17-16/h7-8,10-12,14H,5-6,9H2,1-4H3. The zero-order valence-corrected chi connectivity index (χ0v) is 11.5. The molecule has 0 fully saturated rings. The lowest BCUT2D eigenvalue weighted by atomic mass is 9.83. The maximum Gasteiger partial charge on any atom is 0.122 e. The van der Waals surface area contributed by atoms with Crippen LogP contribution in [0, 0.1) is 5.92 Å². The van der Waals surface area contributed by atoms with Gasteiger partial charge in [-0.15, -0.1) is 0 Å². The van der Waals surface area contributed by atoms with Gasteiger partial charge in [0.05, 0.1) is 6.61 Å². The summed E-state index contributed by atoms with van der Waals surface area (Å²) in [7, 11) is 0. The molecule has 0 saturated heterocycles. The SMILES string of the molecule is CC(C)c1ccc2c(c1)C(C(C)C)CCCO2. The molecule has 0 radical (unpaired) electrons. The van der Waals surface area contributed by atoms with Crippen molar-refractivity contribution in [2.75, 3.05) is 6.61 Å². The summed E-state index contributed by atoms with van der Waals surface area (Å²) in [4.78, 5) is 0. The average Bonchev–Trinajstić information content (AvgIpc) is 2.49. The highest BCUT2D eigenvalue weighted by Gasteiger charge is 2.23. The van der Waals surface area contributed by atoms with Crippen LogP contribution in [0.5, 0.6) is 5.75 Å². The maximum atomic E-state index is 5.86. The first-order chi connectivity index (χ1) is 8.09. The van der Waals surface area contributed by atoms with Gasteiger partial charge in [0.1, 0.15) is 5.75 Å². The Hall–Kier alpha value is -0.980. The van der Waals surface area contributed by atoms with Crippen molar-refractivity contribution in [3.05, 3.63) is 29.3 Å². The summed E-state index contributed by atoms with van der Waals surface area (Å²) in [5.41, 5.74) is 2.86. The van der Waals surface area contributed by atoms with Crippen LogP contribution in [-0.2, 0) is 0 Å². The van der Waals surface area contributed by atoms with Crippen molar-refractivity contribution in [1.29, 1.82) is 0 Å². The molecular weight excluding hydrogens is 208 g/mol. The van der Waals surface area contributed by atoms with Crippen LogP contribution in [0.15, 0.2) is 18.2 Å². The molecule has 1 unspecified atom stereocenters. The second kappa shape index (κ2) is 5.12. The summed E-state index contributed by atoms with van der Waals surface area (Å²) < 4.78 is 5.86. The lowest BCUT2D eigenvalue weighted by Crippen LogP contribution is -2.06. The van der Waals surface area contributed by atoms with E-state index in [1.807, 2.05) is 0 Å². The van der Waals surface area contributed by atoms with E-state index in [4.69, 9.17) is 4.74 Å². The average molecular weight is 232 g/mol. The maximum absolute atomic E-state index is 5.86. The van der Waals surface area contributed by atoms with E-state index in [0.717, 1.165) is 12.4 Å². The molecule has 0 aliphatic carbocycles. The molecular formula is C16H24O. The monoisotopic (exact) mass is 232 g/mol. The molecule has 94 valence electrons.